The number of likely N-dealkylation sites (tertiary alicyclic amines) is 1. The molecule has 3 rings (SSSR count). The molecule has 5 nitrogen and oxygen atoms in total. The van der Waals surface area contributed by atoms with E-state index < -0.39 is 5.60 Å². The van der Waals surface area contributed by atoms with E-state index in [0.717, 1.165) is 51.5 Å². The molecule has 0 bridgehead atoms. The molecule has 1 aliphatic heterocycles. The van der Waals surface area contributed by atoms with Crippen LogP contribution in [0.25, 0.3) is 0 Å². The third kappa shape index (κ3) is 3.00. The maximum Gasteiger partial charge on any atom is 0.237 e. The van der Waals surface area contributed by atoms with Crippen LogP contribution in [0.2, 0.25) is 0 Å². The summed E-state index contributed by atoms with van der Waals surface area (Å²) in [5.41, 5.74) is -0.439. The third-order valence-electron chi connectivity index (χ3n) is 6.05. The maximum atomic E-state index is 12.2. The quantitative estimate of drug-likeness (QED) is 0.823. The summed E-state index contributed by atoms with van der Waals surface area (Å²) in [5, 5.41) is 22.9. The van der Waals surface area contributed by atoms with Crippen molar-refractivity contribution in [1.29, 1.82) is 5.26 Å². The van der Waals surface area contributed by atoms with E-state index in [2.05, 4.69) is 18.3 Å². The number of hydrogen-bond acceptors (Lipinski definition) is 4. The average Bonchev–Trinajstić information content (AvgIpc) is 3.17. The van der Waals surface area contributed by atoms with Gasteiger partial charge in [-0.15, -0.1) is 0 Å². The Bertz CT molecular complexity index is 459. The molecule has 3 aliphatic rings. The number of aliphatic hydroxyl groups is 1. The summed E-state index contributed by atoms with van der Waals surface area (Å²) in [6, 6.07) is 2.39. The first-order valence-corrected chi connectivity index (χ1v) is 8.69. The second-order valence-electron chi connectivity index (χ2n) is 7.43. The minimum Gasteiger partial charge on any atom is -0.390 e. The van der Waals surface area contributed by atoms with Crippen molar-refractivity contribution >= 4 is 5.91 Å². The van der Waals surface area contributed by atoms with Crippen molar-refractivity contribution in [1.82, 2.24) is 10.2 Å². The van der Waals surface area contributed by atoms with Crippen LogP contribution in [0.4, 0.5) is 0 Å². The second-order valence-corrected chi connectivity index (χ2v) is 7.43. The molecule has 0 aromatic rings. The summed E-state index contributed by atoms with van der Waals surface area (Å²) in [4.78, 5) is 14.0. The molecule has 3 atom stereocenters. The molecule has 1 amide bonds. The standard InChI is InChI=1S/C17H27N3O2/c1-2-17(22)8-12-6-14(7-13(12)9-17)19-11-16(21)20-5-3-4-15(20)10-18/h12-15,19,22H,2-9,11H2,1H3. The number of carbonyl (C=O) groups is 1. The number of amides is 1. The van der Waals surface area contributed by atoms with Gasteiger partial charge in [-0.2, -0.15) is 5.26 Å². The highest BCUT2D eigenvalue weighted by Crippen LogP contribution is 2.49. The minimum absolute atomic E-state index is 0.0613. The molecular weight excluding hydrogens is 278 g/mol. The minimum atomic E-state index is -0.439. The van der Waals surface area contributed by atoms with Gasteiger partial charge < -0.3 is 15.3 Å². The molecule has 3 unspecified atom stereocenters. The zero-order valence-electron chi connectivity index (χ0n) is 13.4. The van der Waals surface area contributed by atoms with Crippen molar-refractivity contribution < 1.29 is 9.90 Å². The normalized spacial score (nSPS) is 40.7. The first kappa shape index (κ1) is 15.8. The molecule has 1 heterocycles. The first-order valence-electron chi connectivity index (χ1n) is 8.69. The molecule has 122 valence electrons. The first-order chi connectivity index (χ1) is 10.5. The van der Waals surface area contributed by atoms with Crippen LogP contribution in [0.1, 0.15) is 51.9 Å². The molecule has 0 radical (unpaired) electrons. The van der Waals surface area contributed by atoms with Crippen LogP contribution in [0.5, 0.6) is 0 Å². The van der Waals surface area contributed by atoms with Crippen molar-refractivity contribution in [2.75, 3.05) is 13.1 Å². The summed E-state index contributed by atoms with van der Waals surface area (Å²) < 4.78 is 0. The number of carbonyl (C=O) groups excluding carboxylic acids is 1. The highest BCUT2D eigenvalue weighted by Gasteiger charge is 2.47. The number of nitrogens with one attached hydrogen (secondary N) is 1. The van der Waals surface area contributed by atoms with Gasteiger partial charge in [0.15, 0.2) is 0 Å². The van der Waals surface area contributed by atoms with E-state index in [1.165, 1.54) is 0 Å². The van der Waals surface area contributed by atoms with Gasteiger partial charge in [0.1, 0.15) is 6.04 Å². The van der Waals surface area contributed by atoms with E-state index in [-0.39, 0.29) is 11.9 Å². The number of nitriles is 1. The SMILES string of the molecule is CCC1(O)CC2CC(NCC(=O)N3CCCC3C#N)CC2C1. The summed E-state index contributed by atoms with van der Waals surface area (Å²) in [6.45, 7) is 3.13. The van der Waals surface area contributed by atoms with E-state index in [9.17, 15) is 9.90 Å². The summed E-state index contributed by atoms with van der Waals surface area (Å²) >= 11 is 0. The van der Waals surface area contributed by atoms with Crippen LogP contribution in [0.3, 0.4) is 0 Å². The fraction of sp³-hybridized carbons (Fsp3) is 0.882. The monoisotopic (exact) mass is 305 g/mol. The highest BCUT2D eigenvalue weighted by atomic mass is 16.3. The van der Waals surface area contributed by atoms with Gasteiger partial charge in [-0.05, 0) is 56.8 Å². The third-order valence-corrected chi connectivity index (χ3v) is 6.05. The van der Waals surface area contributed by atoms with Crippen LogP contribution in [0, 0.1) is 23.2 Å². The summed E-state index contributed by atoms with van der Waals surface area (Å²) in [5.74, 6) is 1.28. The van der Waals surface area contributed by atoms with Gasteiger partial charge >= 0.3 is 0 Å². The smallest absolute Gasteiger partial charge is 0.237 e. The molecule has 5 heteroatoms. The number of rotatable bonds is 4. The molecule has 2 aliphatic carbocycles. The Morgan fingerprint density at radius 2 is 2.09 bits per heavy atom. The van der Waals surface area contributed by atoms with E-state index in [0.29, 0.717) is 24.4 Å². The lowest BCUT2D eigenvalue weighted by Gasteiger charge is -2.24. The lowest BCUT2D eigenvalue weighted by atomic mass is 9.94. The number of hydrogen-bond donors (Lipinski definition) is 2. The van der Waals surface area contributed by atoms with Crippen molar-refractivity contribution in [3.8, 4) is 6.07 Å². The summed E-state index contributed by atoms with van der Waals surface area (Å²) in [6.07, 6.45) is 6.58. The predicted octanol–water partition coefficient (Wildman–Crippen LogP) is 1.42. The second kappa shape index (κ2) is 6.17. The Morgan fingerprint density at radius 3 is 2.68 bits per heavy atom. The molecule has 3 fully saturated rings. The lowest BCUT2D eigenvalue weighted by molar-refractivity contribution is -0.130. The Kier molecular flexibility index (Phi) is 4.42. The average molecular weight is 305 g/mol. The van der Waals surface area contributed by atoms with Crippen LogP contribution in [-0.4, -0.2) is 46.7 Å². The highest BCUT2D eigenvalue weighted by molar-refractivity contribution is 5.79. The van der Waals surface area contributed by atoms with Gasteiger partial charge in [-0.25, -0.2) is 0 Å². The molecule has 2 N–H and O–H groups in total. The molecule has 1 saturated heterocycles. The topological polar surface area (TPSA) is 76.4 Å². The Labute approximate surface area is 132 Å². The van der Waals surface area contributed by atoms with E-state index >= 15 is 0 Å². The summed E-state index contributed by atoms with van der Waals surface area (Å²) in [7, 11) is 0. The molecule has 0 spiro atoms. The van der Waals surface area contributed by atoms with Crippen LogP contribution >= 0.6 is 0 Å². The van der Waals surface area contributed by atoms with Crippen LogP contribution < -0.4 is 5.32 Å². The number of fused-ring (bicyclic) bond motifs is 1. The van der Waals surface area contributed by atoms with E-state index in [4.69, 9.17) is 5.26 Å². The fourth-order valence-electron chi connectivity index (χ4n) is 4.76. The van der Waals surface area contributed by atoms with Crippen molar-refractivity contribution in [3.63, 3.8) is 0 Å². The largest absolute Gasteiger partial charge is 0.390 e. The Morgan fingerprint density at radius 1 is 1.41 bits per heavy atom. The molecule has 0 aromatic carbocycles. The van der Waals surface area contributed by atoms with Gasteiger partial charge in [0, 0.05) is 12.6 Å². The Balaban J connectivity index is 1.45. The lowest BCUT2D eigenvalue weighted by Crippen LogP contribution is -2.43. The Hall–Kier alpha value is -1.12. The maximum absolute atomic E-state index is 12.2. The molecule has 2 saturated carbocycles. The molecular formula is C17H27N3O2. The van der Waals surface area contributed by atoms with Gasteiger partial charge in [0.05, 0.1) is 18.2 Å². The predicted molar refractivity (Wildman–Crippen MR) is 82.8 cm³/mol. The van der Waals surface area contributed by atoms with Gasteiger partial charge in [0.25, 0.3) is 0 Å². The van der Waals surface area contributed by atoms with Gasteiger partial charge in [-0.3, -0.25) is 4.79 Å². The van der Waals surface area contributed by atoms with Crippen LogP contribution in [-0.2, 0) is 4.79 Å². The van der Waals surface area contributed by atoms with E-state index in [1.54, 1.807) is 4.90 Å². The zero-order valence-corrected chi connectivity index (χ0v) is 13.4. The molecule has 22 heavy (non-hydrogen) atoms. The zero-order chi connectivity index (χ0) is 15.7. The van der Waals surface area contributed by atoms with E-state index in [1.807, 2.05) is 0 Å². The van der Waals surface area contributed by atoms with Gasteiger partial charge in [-0.1, -0.05) is 6.92 Å². The van der Waals surface area contributed by atoms with Crippen molar-refractivity contribution in [2.45, 2.75) is 69.6 Å². The fourth-order valence-corrected chi connectivity index (χ4v) is 4.76. The molecule has 0 aromatic heterocycles. The van der Waals surface area contributed by atoms with Gasteiger partial charge in [0.2, 0.25) is 5.91 Å². The van der Waals surface area contributed by atoms with Crippen molar-refractivity contribution in [2.24, 2.45) is 11.8 Å². The van der Waals surface area contributed by atoms with Crippen LogP contribution in [0.15, 0.2) is 0 Å². The number of nitrogens with zero attached hydrogens (tertiary/aromatic N) is 2. The van der Waals surface area contributed by atoms with Crippen molar-refractivity contribution in [3.05, 3.63) is 0 Å².